The fourth-order valence-electron chi connectivity index (χ4n) is 3.22. The highest BCUT2D eigenvalue weighted by Gasteiger charge is 2.28. The fourth-order valence-corrected chi connectivity index (χ4v) is 3.34. The van der Waals surface area contributed by atoms with Crippen LogP contribution in [0.15, 0.2) is 54.6 Å². The minimum absolute atomic E-state index is 0.0468. The number of hydrogen-bond acceptors (Lipinski definition) is 2. The van der Waals surface area contributed by atoms with Crippen molar-refractivity contribution in [1.82, 2.24) is 10.2 Å². The smallest absolute Gasteiger partial charge is 0.243 e. The Morgan fingerprint density at radius 1 is 0.966 bits per heavy atom. The van der Waals surface area contributed by atoms with E-state index in [1.807, 2.05) is 63.2 Å². The maximum atomic E-state index is 13.2. The van der Waals surface area contributed by atoms with Gasteiger partial charge in [0.25, 0.3) is 0 Å². The first-order valence-electron chi connectivity index (χ1n) is 10.3. The van der Waals surface area contributed by atoms with Crippen LogP contribution in [0.3, 0.4) is 0 Å². The fraction of sp³-hybridized carbons (Fsp3) is 0.417. The Morgan fingerprint density at radius 3 is 2.21 bits per heavy atom. The Balaban J connectivity index is 2.18. The largest absolute Gasteiger partial charge is 0.352 e. The number of carbonyl (C=O) groups excluding carboxylic acids is 2. The Hall–Kier alpha value is -2.33. The highest BCUT2D eigenvalue weighted by Crippen LogP contribution is 2.14. The summed E-state index contributed by atoms with van der Waals surface area (Å²) < 4.78 is 0. The molecule has 0 aliphatic rings. The van der Waals surface area contributed by atoms with Crippen LogP contribution >= 0.6 is 11.6 Å². The monoisotopic (exact) mass is 414 g/mol. The maximum Gasteiger partial charge on any atom is 0.243 e. The van der Waals surface area contributed by atoms with Crippen LogP contribution in [0.2, 0.25) is 5.02 Å². The van der Waals surface area contributed by atoms with Gasteiger partial charge in [0.1, 0.15) is 6.04 Å². The van der Waals surface area contributed by atoms with Gasteiger partial charge in [0.2, 0.25) is 11.8 Å². The molecule has 0 aromatic heterocycles. The summed E-state index contributed by atoms with van der Waals surface area (Å²) in [5.41, 5.74) is 2.04. The molecule has 0 aliphatic carbocycles. The second-order valence-corrected chi connectivity index (χ2v) is 7.80. The first-order chi connectivity index (χ1) is 13.9. The van der Waals surface area contributed by atoms with Crippen molar-refractivity contribution >= 4 is 23.4 Å². The number of benzene rings is 2. The minimum Gasteiger partial charge on any atom is -0.352 e. The second-order valence-electron chi connectivity index (χ2n) is 7.37. The Kier molecular flexibility index (Phi) is 9.20. The van der Waals surface area contributed by atoms with Crippen LogP contribution in [0.1, 0.15) is 44.7 Å². The minimum atomic E-state index is -0.479. The van der Waals surface area contributed by atoms with E-state index in [1.165, 1.54) is 0 Å². The number of carbonyl (C=O) groups is 2. The number of halogens is 1. The topological polar surface area (TPSA) is 49.4 Å². The molecule has 2 amide bonds. The molecule has 1 N–H and O–H groups in total. The molecule has 2 rings (SSSR count). The zero-order chi connectivity index (χ0) is 21.2. The molecule has 0 radical (unpaired) electrons. The molecule has 0 saturated carbocycles. The lowest BCUT2D eigenvalue weighted by atomic mass is 10.1. The summed E-state index contributed by atoms with van der Waals surface area (Å²) in [6.45, 7) is 6.47. The van der Waals surface area contributed by atoms with Crippen LogP contribution in [-0.2, 0) is 22.4 Å². The molecular formula is C24H31ClN2O2. The van der Waals surface area contributed by atoms with Crippen molar-refractivity contribution in [3.8, 4) is 0 Å². The van der Waals surface area contributed by atoms with Crippen molar-refractivity contribution in [2.45, 2.75) is 58.5 Å². The third-order valence-electron chi connectivity index (χ3n) is 5.14. The van der Waals surface area contributed by atoms with Crippen LogP contribution in [0.4, 0.5) is 0 Å². The van der Waals surface area contributed by atoms with E-state index in [4.69, 9.17) is 11.6 Å². The summed E-state index contributed by atoms with van der Waals surface area (Å²) in [5, 5.41) is 3.68. The Labute approximate surface area is 179 Å². The van der Waals surface area contributed by atoms with E-state index >= 15 is 0 Å². The van der Waals surface area contributed by atoms with Gasteiger partial charge in [-0.1, -0.05) is 67.9 Å². The van der Waals surface area contributed by atoms with Crippen LogP contribution in [0, 0.1) is 0 Å². The van der Waals surface area contributed by atoms with Gasteiger partial charge < -0.3 is 10.2 Å². The normalized spacial score (nSPS) is 12.8. The summed E-state index contributed by atoms with van der Waals surface area (Å²) in [6.07, 6.45) is 2.38. The molecule has 29 heavy (non-hydrogen) atoms. The SMILES string of the molecule is CC[C@H](C(=O)N[C@@H](C)CC)N(CCc1ccccc1)C(=O)Cc1ccc(Cl)cc1. The van der Waals surface area contributed by atoms with Crippen molar-refractivity contribution in [3.05, 3.63) is 70.7 Å². The highest BCUT2D eigenvalue weighted by atomic mass is 35.5. The van der Waals surface area contributed by atoms with Gasteiger partial charge in [-0.15, -0.1) is 0 Å². The molecule has 0 spiro atoms. The van der Waals surface area contributed by atoms with Crippen molar-refractivity contribution in [3.63, 3.8) is 0 Å². The lowest BCUT2D eigenvalue weighted by Crippen LogP contribution is -2.52. The van der Waals surface area contributed by atoms with E-state index in [0.29, 0.717) is 24.4 Å². The van der Waals surface area contributed by atoms with E-state index in [-0.39, 0.29) is 24.3 Å². The lowest BCUT2D eigenvalue weighted by Gasteiger charge is -2.31. The zero-order valence-corrected chi connectivity index (χ0v) is 18.3. The van der Waals surface area contributed by atoms with E-state index in [0.717, 1.165) is 17.5 Å². The van der Waals surface area contributed by atoms with E-state index in [9.17, 15) is 9.59 Å². The lowest BCUT2D eigenvalue weighted by molar-refractivity contribution is -0.140. The van der Waals surface area contributed by atoms with Crippen LogP contribution < -0.4 is 5.32 Å². The summed E-state index contributed by atoms with van der Waals surface area (Å²) in [4.78, 5) is 27.8. The van der Waals surface area contributed by atoms with Crippen LogP contribution in [-0.4, -0.2) is 35.3 Å². The van der Waals surface area contributed by atoms with Gasteiger partial charge in [-0.25, -0.2) is 0 Å². The third-order valence-corrected chi connectivity index (χ3v) is 5.39. The molecular weight excluding hydrogens is 384 g/mol. The predicted molar refractivity (Wildman–Crippen MR) is 119 cm³/mol. The summed E-state index contributed by atoms with van der Waals surface area (Å²) in [7, 11) is 0. The van der Waals surface area contributed by atoms with Crippen LogP contribution in [0.5, 0.6) is 0 Å². The molecule has 0 unspecified atom stereocenters. The number of nitrogens with one attached hydrogen (secondary N) is 1. The average Bonchev–Trinajstić information content (AvgIpc) is 2.73. The van der Waals surface area contributed by atoms with E-state index in [1.54, 1.807) is 17.0 Å². The van der Waals surface area contributed by atoms with E-state index in [2.05, 4.69) is 5.32 Å². The summed E-state index contributed by atoms with van der Waals surface area (Å²) in [6, 6.07) is 16.9. The second kappa shape index (κ2) is 11.6. The van der Waals surface area contributed by atoms with Gasteiger partial charge >= 0.3 is 0 Å². The molecule has 4 nitrogen and oxygen atoms in total. The Bertz CT molecular complexity index is 777. The molecule has 0 heterocycles. The van der Waals surface area contributed by atoms with Crippen molar-refractivity contribution in [2.75, 3.05) is 6.54 Å². The quantitative estimate of drug-likeness (QED) is 0.615. The molecule has 5 heteroatoms. The van der Waals surface area contributed by atoms with Crippen molar-refractivity contribution < 1.29 is 9.59 Å². The Morgan fingerprint density at radius 2 is 1.62 bits per heavy atom. The molecule has 0 saturated heterocycles. The average molecular weight is 415 g/mol. The first kappa shape index (κ1) is 23.0. The van der Waals surface area contributed by atoms with Gasteiger partial charge in [0.05, 0.1) is 6.42 Å². The molecule has 2 aromatic rings. The number of amides is 2. The van der Waals surface area contributed by atoms with Gasteiger partial charge in [0.15, 0.2) is 0 Å². The van der Waals surface area contributed by atoms with Gasteiger partial charge in [-0.05, 0) is 49.4 Å². The number of rotatable bonds is 10. The predicted octanol–water partition coefficient (Wildman–Crippen LogP) is 4.65. The first-order valence-corrected chi connectivity index (χ1v) is 10.7. The van der Waals surface area contributed by atoms with Gasteiger partial charge in [-0.3, -0.25) is 9.59 Å². The van der Waals surface area contributed by atoms with Gasteiger partial charge in [0, 0.05) is 17.6 Å². The standard InChI is InChI=1S/C24H31ClN2O2/c1-4-18(3)26-24(29)22(5-2)27(16-15-19-9-7-6-8-10-19)23(28)17-20-11-13-21(25)14-12-20/h6-14,18,22H,4-5,15-17H2,1-3H3,(H,26,29)/t18-,22+/m0/s1. The molecule has 0 bridgehead atoms. The highest BCUT2D eigenvalue weighted by molar-refractivity contribution is 6.30. The van der Waals surface area contributed by atoms with Crippen molar-refractivity contribution in [2.24, 2.45) is 0 Å². The molecule has 2 aromatic carbocycles. The summed E-state index contributed by atoms with van der Waals surface area (Å²) in [5.74, 6) is -0.131. The number of hydrogen-bond donors (Lipinski definition) is 1. The molecule has 156 valence electrons. The molecule has 0 fully saturated rings. The summed E-state index contributed by atoms with van der Waals surface area (Å²) >= 11 is 5.96. The number of nitrogens with zero attached hydrogens (tertiary/aromatic N) is 1. The zero-order valence-electron chi connectivity index (χ0n) is 17.5. The molecule has 0 aliphatic heterocycles. The van der Waals surface area contributed by atoms with E-state index < -0.39 is 6.04 Å². The van der Waals surface area contributed by atoms with Crippen molar-refractivity contribution in [1.29, 1.82) is 0 Å². The van der Waals surface area contributed by atoms with Gasteiger partial charge in [-0.2, -0.15) is 0 Å². The third kappa shape index (κ3) is 7.21. The maximum absolute atomic E-state index is 13.2. The molecule has 2 atom stereocenters. The van der Waals surface area contributed by atoms with Crippen LogP contribution in [0.25, 0.3) is 0 Å².